The van der Waals surface area contributed by atoms with E-state index in [-0.39, 0.29) is 21.7 Å². The molecule has 1 unspecified atom stereocenters. The maximum Gasteiger partial charge on any atom is 0.188 e. The first-order chi connectivity index (χ1) is 8.64. The summed E-state index contributed by atoms with van der Waals surface area (Å²) in [4.78, 5) is 12.5. The predicted molar refractivity (Wildman–Crippen MR) is 76.9 cm³/mol. The van der Waals surface area contributed by atoms with Crippen LogP contribution >= 0.6 is 0 Å². The summed E-state index contributed by atoms with van der Waals surface area (Å²) in [7, 11) is 0. The van der Waals surface area contributed by atoms with Crippen LogP contribution in [0.1, 0.15) is 58.3 Å². The van der Waals surface area contributed by atoms with Gasteiger partial charge in [0.2, 0.25) is 0 Å². The molecule has 1 atom stereocenters. The number of carbonyl (C=O) groups excluding carboxylic acids is 1. The van der Waals surface area contributed by atoms with Crippen LogP contribution < -0.4 is 17.0 Å². The van der Waals surface area contributed by atoms with Crippen molar-refractivity contribution in [2.45, 2.75) is 63.0 Å². The van der Waals surface area contributed by atoms with E-state index in [4.69, 9.17) is 0 Å². The normalized spacial score (nSPS) is 51.1. The second kappa shape index (κ2) is 4.76. The number of carbonyl (C=O) groups is 1. The summed E-state index contributed by atoms with van der Waals surface area (Å²) in [5.41, 5.74) is 0.436. The van der Waals surface area contributed by atoms with Crippen molar-refractivity contribution in [2.24, 2.45) is 23.2 Å². The summed E-state index contributed by atoms with van der Waals surface area (Å²) in [6.07, 6.45) is 11.2. The van der Waals surface area contributed by atoms with E-state index in [0.717, 1.165) is 17.8 Å². The molecular formula is C16H25BrOS. The van der Waals surface area contributed by atoms with Crippen LogP contribution in [0.15, 0.2) is 0 Å². The number of Topliss-reactive ketones (excluding diaryl/α,β-unsaturated/α-hetero) is 1. The fourth-order valence-electron chi connectivity index (χ4n) is 6.39. The third-order valence-corrected chi connectivity index (χ3v) is 8.67. The summed E-state index contributed by atoms with van der Waals surface area (Å²) in [6, 6.07) is 0. The Hall–Kier alpha value is 0.500. The zero-order valence-corrected chi connectivity index (χ0v) is 14.3. The minimum absolute atomic E-state index is 0. The van der Waals surface area contributed by atoms with E-state index in [0.29, 0.717) is 11.2 Å². The average molecular weight is 345 g/mol. The Labute approximate surface area is 131 Å². The lowest BCUT2D eigenvalue weighted by atomic mass is 9.45. The first kappa shape index (κ1) is 14.4. The highest BCUT2D eigenvalue weighted by Crippen LogP contribution is 2.66. The fourth-order valence-corrected chi connectivity index (χ4v) is 8.24. The van der Waals surface area contributed by atoms with Crippen LogP contribution in [0, 0.1) is 23.2 Å². The number of thiol groups is 1. The zero-order chi connectivity index (χ0) is 12.4. The standard InChI is InChI=1S/C16H24OS.BrH/c1-11(17)16(3-2-4-18-16)15-8-12-5-13(9-15)7-14(6-12)10-15;/h12-14H,2-10H2,1H3;1H. The third-order valence-electron chi connectivity index (χ3n) is 6.58. The molecule has 1 aliphatic heterocycles. The molecule has 1 heterocycles. The number of hydrogen-bond acceptors (Lipinski definition) is 1. The highest BCUT2D eigenvalue weighted by molar-refractivity contribution is 7.81. The molecule has 5 fully saturated rings. The molecule has 0 N–H and O–H groups in total. The van der Waals surface area contributed by atoms with Gasteiger partial charge in [-0.3, -0.25) is 4.79 Å². The van der Waals surface area contributed by atoms with E-state index in [1.807, 2.05) is 6.92 Å². The van der Waals surface area contributed by atoms with Gasteiger partial charge >= 0.3 is 0 Å². The monoisotopic (exact) mass is 344 g/mol. The van der Waals surface area contributed by atoms with Gasteiger partial charge in [-0.1, -0.05) is 0 Å². The van der Waals surface area contributed by atoms with Crippen molar-refractivity contribution >= 4 is 17.5 Å². The molecule has 5 rings (SSSR count). The number of hydrogen-bond donors (Lipinski definition) is 0. The van der Waals surface area contributed by atoms with E-state index in [9.17, 15) is 4.79 Å². The third kappa shape index (κ3) is 1.90. The smallest absolute Gasteiger partial charge is 0.188 e. The molecule has 0 aromatic carbocycles. The lowest BCUT2D eigenvalue weighted by molar-refractivity contribution is -0.132. The fraction of sp³-hybridized carbons (Fsp3) is 0.938. The van der Waals surface area contributed by atoms with Gasteiger partial charge in [0.15, 0.2) is 10.5 Å². The Bertz CT molecular complexity index is 351. The summed E-state index contributed by atoms with van der Waals surface area (Å²) in [5, 5.41) is 0. The first-order valence-corrected chi connectivity index (χ1v) is 8.91. The van der Waals surface area contributed by atoms with E-state index >= 15 is 0 Å². The van der Waals surface area contributed by atoms with Gasteiger partial charge in [-0.25, -0.2) is 0 Å². The van der Waals surface area contributed by atoms with Crippen LogP contribution in [-0.2, 0) is 16.6 Å². The molecule has 1 saturated heterocycles. The lowest BCUT2D eigenvalue weighted by Crippen LogP contribution is -3.00. The average Bonchev–Trinajstić information content (AvgIpc) is 2.77. The van der Waals surface area contributed by atoms with Crippen LogP contribution in [-0.4, -0.2) is 16.3 Å². The van der Waals surface area contributed by atoms with E-state index in [2.05, 4.69) is 0 Å². The van der Waals surface area contributed by atoms with Gasteiger partial charge in [-0.05, 0) is 81.4 Å². The Balaban J connectivity index is 0.00000110. The van der Waals surface area contributed by atoms with Gasteiger partial charge in [0.05, 0.1) is 0 Å². The Morgan fingerprint density at radius 1 is 1.05 bits per heavy atom. The molecular weight excluding hydrogens is 320 g/mol. The second-order valence-corrected chi connectivity index (χ2v) is 9.13. The first-order valence-electron chi connectivity index (χ1n) is 7.83. The molecule has 4 bridgehead atoms. The van der Waals surface area contributed by atoms with E-state index < -0.39 is 0 Å². The van der Waals surface area contributed by atoms with Crippen LogP contribution in [0.2, 0.25) is 0 Å². The highest BCUT2D eigenvalue weighted by atomic mass is 79.9. The van der Waals surface area contributed by atoms with Crippen molar-refractivity contribution in [1.29, 1.82) is 0 Å². The van der Waals surface area contributed by atoms with Crippen molar-refractivity contribution in [3.8, 4) is 0 Å². The molecule has 0 aromatic heterocycles. The SMILES string of the molecule is CC(=O)C1(C23CC4CC(CC(C4)C2)C3)CCC[SH+]1.[Br-]. The molecule has 0 aromatic rings. The largest absolute Gasteiger partial charge is 1.00 e. The van der Waals surface area contributed by atoms with Gasteiger partial charge in [0.1, 0.15) is 5.75 Å². The minimum Gasteiger partial charge on any atom is -1.00 e. The number of halogens is 1. The molecule has 5 aliphatic rings. The van der Waals surface area contributed by atoms with Crippen LogP contribution in [0.4, 0.5) is 0 Å². The van der Waals surface area contributed by atoms with Gasteiger partial charge in [0.25, 0.3) is 0 Å². The molecule has 1 nitrogen and oxygen atoms in total. The van der Waals surface area contributed by atoms with Crippen LogP contribution in [0.3, 0.4) is 0 Å². The zero-order valence-electron chi connectivity index (χ0n) is 11.8. The Morgan fingerprint density at radius 3 is 1.95 bits per heavy atom. The maximum atomic E-state index is 12.5. The quantitative estimate of drug-likeness (QED) is 0.514. The molecule has 3 heteroatoms. The van der Waals surface area contributed by atoms with Crippen molar-refractivity contribution in [2.75, 3.05) is 5.75 Å². The maximum absolute atomic E-state index is 12.5. The molecule has 0 spiro atoms. The van der Waals surface area contributed by atoms with Gasteiger partial charge in [-0.15, -0.1) is 0 Å². The van der Waals surface area contributed by atoms with Gasteiger partial charge in [0, 0.05) is 11.8 Å². The van der Waals surface area contributed by atoms with Gasteiger partial charge < -0.3 is 17.0 Å². The number of rotatable bonds is 2. The summed E-state index contributed by atoms with van der Waals surface area (Å²) in [6.45, 7) is 1.90. The van der Waals surface area contributed by atoms with Crippen molar-refractivity contribution < 1.29 is 21.8 Å². The predicted octanol–water partition coefficient (Wildman–Crippen LogP) is 0.143. The summed E-state index contributed by atoms with van der Waals surface area (Å²) in [5.74, 6) is 4.74. The summed E-state index contributed by atoms with van der Waals surface area (Å²) >= 11 is 1.49. The summed E-state index contributed by atoms with van der Waals surface area (Å²) < 4.78 is 0.0863. The molecule has 4 aliphatic carbocycles. The molecule has 108 valence electrons. The number of ketones is 1. The minimum atomic E-state index is 0. The Kier molecular flexibility index (Phi) is 3.62. The van der Waals surface area contributed by atoms with Gasteiger partial charge in [-0.2, -0.15) is 0 Å². The van der Waals surface area contributed by atoms with Crippen molar-refractivity contribution in [1.82, 2.24) is 0 Å². The highest BCUT2D eigenvalue weighted by Gasteiger charge is 2.67. The topological polar surface area (TPSA) is 17.1 Å². The molecule has 0 radical (unpaired) electrons. The molecule has 19 heavy (non-hydrogen) atoms. The molecule has 0 amide bonds. The van der Waals surface area contributed by atoms with E-state index in [1.165, 1.54) is 68.9 Å². The lowest BCUT2D eigenvalue weighted by Gasteiger charge is -2.59. The molecule has 4 saturated carbocycles. The van der Waals surface area contributed by atoms with Crippen molar-refractivity contribution in [3.05, 3.63) is 0 Å². The van der Waals surface area contributed by atoms with E-state index in [1.54, 1.807) is 0 Å². The van der Waals surface area contributed by atoms with Crippen LogP contribution in [0.5, 0.6) is 0 Å². The Morgan fingerprint density at radius 2 is 1.58 bits per heavy atom. The second-order valence-electron chi connectivity index (χ2n) is 7.60. The van der Waals surface area contributed by atoms with Crippen molar-refractivity contribution in [3.63, 3.8) is 0 Å². The van der Waals surface area contributed by atoms with Crippen LogP contribution in [0.25, 0.3) is 0 Å².